The van der Waals surface area contributed by atoms with Gasteiger partial charge in [-0.1, -0.05) is 12.1 Å². The summed E-state index contributed by atoms with van der Waals surface area (Å²) < 4.78 is 0. The quantitative estimate of drug-likeness (QED) is 0.453. The number of nitrogen functional groups attached to an aromatic ring is 1. The highest BCUT2D eigenvalue weighted by Crippen LogP contribution is 2.26. The molecule has 0 saturated carbocycles. The summed E-state index contributed by atoms with van der Waals surface area (Å²) in [6.07, 6.45) is 2.69. The number of nitrogens with two attached hydrogens (primary N) is 1. The lowest BCUT2D eigenvalue weighted by Gasteiger charge is -2.20. The maximum atomic E-state index is 11.0. The van der Waals surface area contributed by atoms with Gasteiger partial charge in [0.25, 0.3) is 0 Å². The lowest BCUT2D eigenvalue weighted by atomic mass is 10.2. The van der Waals surface area contributed by atoms with Gasteiger partial charge in [0.15, 0.2) is 0 Å². The molecule has 3 N–H and O–H groups in total. The Hall–Kier alpha value is -3.23. The highest BCUT2D eigenvalue weighted by molar-refractivity contribution is 5.81. The highest BCUT2D eigenvalue weighted by atomic mass is 16.6. The van der Waals surface area contributed by atoms with Crippen molar-refractivity contribution in [2.75, 3.05) is 29.1 Å². The fraction of sp³-hybridized carbons (Fsp3) is 0.267. The molecular weight excluding hydrogens is 310 g/mol. The highest BCUT2D eigenvalue weighted by Gasteiger charge is 2.20. The number of aromatic nitrogens is 2. The van der Waals surface area contributed by atoms with Crippen LogP contribution in [0.1, 0.15) is 19.4 Å². The Balaban J connectivity index is 2.10. The smallest absolute Gasteiger partial charge is 0.354 e. The molecule has 2 aromatic rings. The first kappa shape index (κ1) is 17.1. The van der Waals surface area contributed by atoms with Gasteiger partial charge in [-0.3, -0.25) is 15.5 Å². The van der Waals surface area contributed by atoms with Crippen LogP contribution in [0.25, 0.3) is 0 Å². The van der Waals surface area contributed by atoms with Crippen molar-refractivity contribution in [2.24, 2.45) is 5.10 Å². The summed E-state index contributed by atoms with van der Waals surface area (Å²) in [6, 6.07) is 7.84. The number of nitrogens with one attached hydrogen (secondary N) is 1. The number of anilines is 3. The molecule has 0 spiro atoms. The Labute approximate surface area is 139 Å². The maximum Gasteiger partial charge on any atom is 0.354 e. The largest absolute Gasteiger partial charge is 0.378 e. The SMILES string of the molecule is CCN(CC)c1ccc(/C=N/Nc2ncnc(N)c2[N+](=O)[O-])cc1. The van der Waals surface area contributed by atoms with E-state index in [2.05, 4.69) is 39.2 Å². The Morgan fingerprint density at radius 2 is 1.96 bits per heavy atom. The number of benzene rings is 1. The number of hydrazone groups is 1. The Morgan fingerprint density at radius 3 is 2.54 bits per heavy atom. The molecule has 0 radical (unpaired) electrons. The van der Waals surface area contributed by atoms with Crippen LogP contribution in [0, 0.1) is 10.1 Å². The summed E-state index contributed by atoms with van der Waals surface area (Å²) in [5, 5.41) is 15.0. The van der Waals surface area contributed by atoms with Crippen molar-refractivity contribution < 1.29 is 4.92 Å². The summed E-state index contributed by atoms with van der Waals surface area (Å²) in [6.45, 7) is 6.07. The van der Waals surface area contributed by atoms with E-state index in [0.29, 0.717) is 0 Å². The first-order valence-electron chi connectivity index (χ1n) is 7.45. The van der Waals surface area contributed by atoms with Gasteiger partial charge in [0.2, 0.25) is 11.6 Å². The molecule has 0 atom stereocenters. The molecule has 0 aliphatic carbocycles. The van der Waals surface area contributed by atoms with Crippen LogP contribution in [0.4, 0.5) is 23.0 Å². The minimum atomic E-state index is -0.647. The normalized spacial score (nSPS) is 10.8. The van der Waals surface area contributed by atoms with Crippen LogP contribution in [0.3, 0.4) is 0 Å². The standard InChI is InChI=1S/C15H19N7O2/c1-3-21(4-2)12-7-5-11(6-8-12)9-19-20-15-13(22(23)24)14(16)17-10-18-15/h5-10H,3-4H2,1-2H3,(H3,16,17,18,20)/b19-9+. The molecule has 0 fully saturated rings. The zero-order valence-electron chi connectivity index (χ0n) is 13.5. The lowest BCUT2D eigenvalue weighted by molar-refractivity contribution is -0.383. The third kappa shape index (κ3) is 3.94. The summed E-state index contributed by atoms with van der Waals surface area (Å²) in [7, 11) is 0. The second-order valence-corrected chi connectivity index (χ2v) is 4.85. The fourth-order valence-electron chi connectivity index (χ4n) is 2.18. The summed E-state index contributed by atoms with van der Waals surface area (Å²) in [5.41, 5.74) is 9.60. The van der Waals surface area contributed by atoms with Crippen molar-refractivity contribution >= 4 is 29.2 Å². The van der Waals surface area contributed by atoms with Crippen molar-refractivity contribution in [3.8, 4) is 0 Å². The van der Waals surface area contributed by atoms with Crippen molar-refractivity contribution in [3.05, 3.63) is 46.3 Å². The first-order valence-corrected chi connectivity index (χ1v) is 7.45. The van der Waals surface area contributed by atoms with Gasteiger partial charge in [0, 0.05) is 18.8 Å². The minimum absolute atomic E-state index is 0.0523. The second kappa shape index (κ2) is 7.86. The van der Waals surface area contributed by atoms with E-state index < -0.39 is 10.6 Å². The van der Waals surface area contributed by atoms with Gasteiger partial charge in [0.1, 0.15) is 6.33 Å². The topological polar surface area (TPSA) is 123 Å². The summed E-state index contributed by atoms with van der Waals surface area (Å²) in [5.74, 6) is -0.264. The molecule has 0 saturated heterocycles. The third-order valence-electron chi connectivity index (χ3n) is 3.44. The predicted molar refractivity (Wildman–Crippen MR) is 94.3 cm³/mol. The van der Waals surface area contributed by atoms with Gasteiger partial charge >= 0.3 is 5.69 Å². The summed E-state index contributed by atoms with van der Waals surface area (Å²) >= 11 is 0. The van der Waals surface area contributed by atoms with Crippen molar-refractivity contribution in [1.82, 2.24) is 9.97 Å². The van der Waals surface area contributed by atoms with E-state index in [0.717, 1.165) is 30.7 Å². The molecule has 0 unspecified atom stereocenters. The van der Waals surface area contributed by atoms with Gasteiger partial charge in [-0.05, 0) is 31.5 Å². The molecular formula is C15H19N7O2. The second-order valence-electron chi connectivity index (χ2n) is 4.85. The Kier molecular flexibility index (Phi) is 5.61. The van der Waals surface area contributed by atoms with E-state index in [1.807, 2.05) is 24.3 Å². The van der Waals surface area contributed by atoms with Gasteiger partial charge in [-0.2, -0.15) is 5.10 Å². The number of hydrogen-bond acceptors (Lipinski definition) is 8. The average molecular weight is 329 g/mol. The van der Waals surface area contributed by atoms with E-state index in [1.54, 1.807) is 6.21 Å². The molecule has 2 rings (SSSR count). The molecule has 1 aromatic carbocycles. The van der Waals surface area contributed by atoms with E-state index in [4.69, 9.17) is 5.73 Å². The zero-order chi connectivity index (χ0) is 17.5. The van der Waals surface area contributed by atoms with Crippen molar-refractivity contribution in [3.63, 3.8) is 0 Å². The van der Waals surface area contributed by atoms with E-state index in [1.165, 1.54) is 0 Å². The van der Waals surface area contributed by atoms with Crippen molar-refractivity contribution in [1.29, 1.82) is 0 Å². The van der Waals surface area contributed by atoms with E-state index in [-0.39, 0.29) is 11.6 Å². The van der Waals surface area contributed by atoms with Crippen LogP contribution < -0.4 is 16.1 Å². The van der Waals surface area contributed by atoms with Gasteiger partial charge in [-0.25, -0.2) is 9.97 Å². The number of nitro groups is 1. The predicted octanol–water partition coefficient (Wildman–Crippen LogP) is 2.26. The molecule has 0 amide bonds. The summed E-state index contributed by atoms with van der Waals surface area (Å²) in [4.78, 5) is 19.9. The zero-order valence-corrected chi connectivity index (χ0v) is 13.5. The molecule has 9 nitrogen and oxygen atoms in total. The number of hydrogen-bond donors (Lipinski definition) is 2. The molecule has 1 aromatic heterocycles. The van der Waals surface area contributed by atoms with Crippen molar-refractivity contribution in [2.45, 2.75) is 13.8 Å². The monoisotopic (exact) mass is 329 g/mol. The Bertz CT molecular complexity index is 727. The number of nitrogens with zero attached hydrogens (tertiary/aromatic N) is 5. The van der Waals surface area contributed by atoms with Crippen LogP contribution >= 0.6 is 0 Å². The number of rotatable bonds is 7. The molecule has 0 bridgehead atoms. The molecule has 0 aliphatic heterocycles. The van der Waals surface area contributed by atoms with Crippen LogP contribution in [0.15, 0.2) is 35.7 Å². The van der Waals surface area contributed by atoms with E-state index >= 15 is 0 Å². The molecule has 24 heavy (non-hydrogen) atoms. The van der Waals surface area contributed by atoms with Crippen LogP contribution in [-0.4, -0.2) is 34.2 Å². The molecule has 126 valence electrons. The van der Waals surface area contributed by atoms with Gasteiger partial charge < -0.3 is 10.6 Å². The maximum absolute atomic E-state index is 11.0. The van der Waals surface area contributed by atoms with Gasteiger partial charge in [-0.15, -0.1) is 0 Å². The van der Waals surface area contributed by atoms with E-state index in [9.17, 15) is 10.1 Å². The first-order chi connectivity index (χ1) is 11.6. The molecule has 0 aliphatic rings. The minimum Gasteiger partial charge on any atom is -0.378 e. The van der Waals surface area contributed by atoms with Crippen LogP contribution in [0.2, 0.25) is 0 Å². The average Bonchev–Trinajstić information content (AvgIpc) is 2.57. The van der Waals surface area contributed by atoms with Crippen LogP contribution in [0.5, 0.6) is 0 Å². The molecule has 1 heterocycles. The third-order valence-corrected chi connectivity index (χ3v) is 3.44. The van der Waals surface area contributed by atoms with Gasteiger partial charge in [0.05, 0.1) is 11.1 Å². The van der Waals surface area contributed by atoms with Crippen LogP contribution in [-0.2, 0) is 0 Å². The fourth-order valence-corrected chi connectivity index (χ4v) is 2.18. The Morgan fingerprint density at radius 1 is 1.29 bits per heavy atom. The molecule has 9 heteroatoms. The lowest BCUT2D eigenvalue weighted by Crippen LogP contribution is -2.21.